The molecule has 58 heavy (non-hydrogen) atoms. The van der Waals surface area contributed by atoms with E-state index in [1.807, 2.05) is 129 Å². The highest BCUT2D eigenvalue weighted by Crippen LogP contribution is 2.40. The molecule has 8 nitrogen and oxygen atoms in total. The first-order chi connectivity index (χ1) is 27.7. The molecule has 0 bridgehead atoms. The number of allylic oxidation sites excluding steroid dienone is 4. The van der Waals surface area contributed by atoms with Gasteiger partial charge in [0.25, 0.3) is 20.0 Å². The Kier molecular flexibility index (Phi) is 11.7. The molecule has 0 amide bonds. The summed E-state index contributed by atoms with van der Waals surface area (Å²) in [6.45, 7) is 9.94. The molecule has 0 fully saturated rings. The average Bonchev–Trinajstić information content (AvgIpc) is 3.71. The number of aryl methyl sites for hydroxylation is 1. The second-order valence-corrected chi connectivity index (χ2v) is 17.5. The maximum absolute atomic E-state index is 14.2. The molecule has 0 aliphatic carbocycles. The molecule has 0 saturated heterocycles. The summed E-state index contributed by atoms with van der Waals surface area (Å²) >= 11 is 0. The summed E-state index contributed by atoms with van der Waals surface area (Å²) in [4.78, 5) is 0.580. The molecule has 0 unspecified atom stereocenters. The normalized spacial score (nSPS) is 13.5. The van der Waals surface area contributed by atoms with Gasteiger partial charge in [0, 0.05) is 64.2 Å². The van der Waals surface area contributed by atoms with Gasteiger partial charge in [-0.1, -0.05) is 85.0 Å². The van der Waals surface area contributed by atoms with Gasteiger partial charge in [0.1, 0.15) is 6.54 Å². The molecule has 6 aromatic carbocycles. The first-order valence-corrected chi connectivity index (χ1v) is 22.3. The molecular formula is C47H45IN4O4S2. The third-order valence-corrected chi connectivity index (χ3v) is 14.8. The molecule has 7 aromatic rings. The number of para-hydroxylation sites is 2. The smallest absolute Gasteiger partial charge is 0.264 e. The van der Waals surface area contributed by atoms with Crippen LogP contribution in [0, 0.1) is 0 Å². The Balaban J connectivity index is 0.00000512. The third-order valence-electron chi connectivity index (χ3n) is 10.8. The summed E-state index contributed by atoms with van der Waals surface area (Å²) in [6.07, 6.45) is 10.2. The summed E-state index contributed by atoms with van der Waals surface area (Å²) < 4.78 is 64.1. The number of benzene rings is 6. The van der Waals surface area contributed by atoms with E-state index in [0.29, 0.717) is 58.1 Å². The lowest BCUT2D eigenvalue weighted by Crippen LogP contribution is -3.00. The predicted molar refractivity (Wildman–Crippen MR) is 235 cm³/mol. The van der Waals surface area contributed by atoms with Crippen LogP contribution in [0.4, 0.5) is 17.1 Å². The molecule has 1 aliphatic heterocycles. The molecular weight excluding hydrogens is 876 g/mol. The van der Waals surface area contributed by atoms with Crippen LogP contribution in [0.15, 0.2) is 155 Å². The molecule has 0 atom stereocenters. The van der Waals surface area contributed by atoms with Crippen molar-refractivity contribution in [3.63, 3.8) is 0 Å². The lowest BCUT2D eigenvalue weighted by atomic mass is 10.0. The molecule has 11 heteroatoms. The van der Waals surface area contributed by atoms with Gasteiger partial charge in [-0.05, 0) is 82.3 Å². The van der Waals surface area contributed by atoms with Crippen LogP contribution in [0.25, 0.3) is 38.5 Å². The van der Waals surface area contributed by atoms with Gasteiger partial charge in [0.05, 0.1) is 32.1 Å². The van der Waals surface area contributed by atoms with Crippen LogP contribution < -0.4 is 37.9 Å². The highest BCUT2D eigenvalue weighted by molar-refractivity contribution is 7.93. The van der Waals surface area contributed by atoms with Crippen LogP contribution in [0.3, 0.4) is 0 Å². The largest absolute Gasteiger partial charge is 1.00 e. The topological polar surface area (TPSA) is 82.7 Å². The Bertz CT molecular complexity index is 3050. The van der Waals surface area contributed by atoms with E-state index in [1.165, 1.54) is 8.61 Å². The SMILES string of the molecule is CCN(c1ccccc1)S(=O)(=O)c1ccc2c3c(cccc13)C(/C=C/C=C/C=c1/c3cccc4c(S(=O)(=O)N(CC)c5ccccc5)ccc(c43)n1CC)=[N+]2CC.[I-]. The van der Waals surface area contributed by atoms with E-state index in [2.05, 4.69) is 47.3 Å². The van der Waals surface area contributed by atoms with Gasteiger partial charge in [0.2, 0.25) is 11.4 Å². The van der Waals surface area contributed by atoms with Crippen LogP contribution in [-0.4, -0.2) is 51.3 Å². The molecule has 1 aliphatic rings. The molecule has 1 aromatic heterocycles. The van der Waals surface area contributed by atoms with E-state index in [9.17, 15) is 16.8 Å². The summed E-state index contributed by atoms with van der Waals surface area (Å²) in [7, 11) is -7.69. The van der Waals surface area contributed by atoms with Crippen molar-refractivity contribution in [1.29, 1.82) is 0 Å². The van der Waals surface area contributed by atoms with E-state index in [4.69, 9.17) is 0 Å². The Morgan fingerprint density at radius 3 is 1.71 bits per heavy atom. The second-order valence-electron chi connectivity index (χ2n) is 13.8. The summed E-state index contributed by atoms with van der Waals surface area (Å²) in [5.74, 6) is 0. The third kappa shape index (κ3) is 6.72. The van der Waals surface area contributed by atoms with E-state index in [1.54, 1.807) is 12.1 Å². The minimum Gasteiger partial charge on any atom is -1.00 e. The molecule has 8 rings (SSSR count). The van der Waals surface area contributed by atoms with Crippen LogP contribution in [0.2, 0.25) is 0 Å². The fourth-order valence-corrected chi connectivity index (χ4v) is 11.7. The highest BCUT2D eigenvalue weighted by atomic mass is 127. The van der Waals surface area contributed by atoms with Crippen molar-refractivity contribution in [3.8, 4) is 0 Å². The summed E-state index contributed by atoms with van der Waals surface area (Å²) in [5, 5.41) is 5.25. The lowest BCUT2D eigenvalue weighted by Gasteiger charge is -2.23. The standard InChI is InChI=1S/C47H45N4O4S2.HI/c1-5-48-40(36-24-18-26-38-44(32-30-42(48)46(36)38)56(52,53)50(7-3)34-20-12-9-13-21-34)28-16-11-17-29-41-37-25-19-27-39-45(33-31-43(47(37)39)49(41)6-2)57(54,55)51(8-4)35-22-14-10-15-23-35;/h9-33H,5-8H2,1-4H3;1H/q+1;/p-1. The number of hydrogen-bond donors (Lipinski definition) is 0. The number of hydrogen-bond acceptors (Lipinski definition) is 4. The predicted octanol–water partition coefficient (Wildman–Crippen LogP) is 6.18. The van der Waals surface area contributed by atoms with Crippen molar-refractivity contribution in [2.45, 2.75) is 44.0 Å². The molecule has 296 valence electrons. The number of anilines is 2. The number of sulfonamides is 2. The zero-order valence-corrected chi connectivity index (χ0v) is 36.7. The second kappa shape index (κ2) is 16.6. The van der Waals surface area contributed by atoms with E-state index < -0.39 is 20.0 Å². The maximum atomic E-state index is 14.2. The maximum Gasteiger partial charge on any atom is 0.264 e. The summed E-state index contributed by atoms with van der Waals surface area (Å²) in [5.41, 5.74) is 5.23. The number of rotatable bonds is 13. The van der Waals surface area contributed by atoms with E-state index in [0.717, 1.165) is 44.0 Å². The van der Waals surface area contributed by atoms with Gasteiger partial charge in [-0.2, -0.15) is 4.58 Å². The average molecular weight is 921 g/mol. The first kappa shape index (κ1) is 40.9. The molecule has 0 saturated carbocycles. The van der Waals surface area contributed by atoms with Gasteiger partial charge < -0.3 is 28.5 Å². The monoisotopic (exact) mass is 920 g/mol. The Morgan fingerprint density at radius 2 is 1.14 bits per heavy atom. The molecule has 0 radical (unpaired) electrons. The van der Waals surface area contributed by atoms with Gasteiger partial charge in [0.15, 0.2) is 0 Å². The number of halogens is 1. The van der Waals surface area contributed by atoms with Crippen molar-refractivity contribution in [2.75, 3.05) is 28.2 Å². The first-order valence-electron chi connectivity index (χ1n) is 19.4. The summed E-state index contributed by atoms with van der Waals surface area (Å²) in [6, 6.07) is 37.6. The van der Waals surface area contributed by atoms with Crippen LogP contribution >= 0.6 is 0 Å². The van der Waals surface area contributed by atoms with Gasteiger partial charge in [-0.25, -0.2) is 16.8 Å². The zero-order chi connectivity index (χ0) is 39.9. The fourth-order valence-electron chi connectivity index (χ4n) is 8.41. The molecule has 0 spiro atoms. The Hall–Kier alpha value is -5.24. The van der Waals surface area contributed by atoms with E-state index >= 15 is 0 Å². The zero-order valence-electron chi connectivity index (χ0n) is 32.9. The van der Waals surface area contributed by atoms with Gasteiger partial charge >= 0.3 is 0 Å². The molecule has 0 N–H and O–H groups in total. The van der Waals surface area contributed by atoms with Crippen molar-refractivity contribution >= 4 is 81.3 Å². The van der Waals surface area contributed by atoms with Crippen molar-refractivity contribution in [2.24, 2.45) is 0 Å². The van der Waals surface area contributed by atoms with Crippen molar-refractivity contribution in [3.05, 3.63) is 157 Å². The quantitative estimate of drug-likeness (QED) is 0.0787. The van der Waals surface area contributed by atoms with Crippen molar-refractivity contribution in [1.82, 2.24) is 4.57 Å². The van der Waals surface area contributed by atoms with Gasteiger partial charge in [-0.3, -0.25) is 8.61 Å². The minimum absolute atomic E-state index is 0. The van der Waals surface area contributed by atoms with Crippen LogP contribution in [-0.2, 0) is 26.6 Å². The molecule has 2 heterocycles. The van der Waals surface area contributed by atoms with Gasteiger partial charge in [-0.15, -0.1) is 0 Å². The minimum atomic E-state index is -3.84. The Labute approximate surface area is 357 Å². The van der Waals surface area contributed by atoms with Crippen LogP contribution in [0.1, 0.15) is 33.3 Å². The number of nitrogens with zero attached hydrogens (tertiary/aromatic N) is 4. The van der Waals surface area contributed by atoms with Crippen molar-refractivity contribution < 1.29 is 45.4 Å². The number of aromatic nitrogens is 1. The van der Waals surface area contributed by atoms with E-state index in [-0.39, 0.29) is 24.0 Å². The Morgan fingerprint density at radius 1 is 0.586 bits per heavy atom. The lowest BCUT2D eigenvalue weighted by molar-refractivity contribution is -0.430. The van der Waals surface area contributed by atoms with Crippen LogP contribution in [0.5, 0.6) is 0 Å². The highest BCUT2D eigenvalue weighted by Gasteiger charge is 2.34. The fraction of sp³-hybridized carbons (Fsp3) is 0.170.